The highest BCUT2D eigenvalue weighted by molar-refractivity contribution is 7.09. The van der Waals surface area contributed by atoms with Crippen molar-refractivity contribution in [2.45, 2.75) is 58.4 Å². The van der Waals surface area contributed by atoms with Crippen LogP contribution in [0.3, 0.4) is 0 Å². The summed E-state index contributed by atoms with van der Waals surface area (Å²) in [5.41, 5.74) is 0. The monoisotopic (exact) mass is 239 g/mol. The predicted octanol–water partition coefficient (Wildman–Crippen LogP) is 4.24. The molecule has 0 spiro atoms. The lowest BCUT2D eigenvalue weighted by Crippen LogP contribution is -2.28. The first kappa shape index (κ1) is 13.7. The van der Waals surface area contributed by atoms with Gasteiger partial charge in [-0.1, -0.05) is 26.3 Å². The van der Waals surface area contributed by atoms with Crippen LogP contribution in [-0.2, 0) is 6.42 Å². The van der Waals surface area contributed by atoms with Crippen LogP contribution in [0.15, 0.2) is 17.5 Å². The summed E-state index contributed by atoms with van der Waals surface area (Å²) < 4.78 is 0. The van der Waals surface area contributed by atoms with Gasteiger partial charge in [0.15, 0.2) is 0 Å². The van der Waals surface area contributed by atoms with Crippen LogP contribution in [0.2, 0.25) is 0 Å². The Kier molecular flexibility index (Phi) is 7.52. The fourth-order valence-electron chi connectivity index (χ4n) is 1.94. The Morgan fingerprint density at radius 3 is 2.81 bits per heavy atom. The summed E-state index contributed by atoms with van der Waals surface area (Å²) in [4.78, 5) is 1.54. The van der Waals surface area contributed by atoms with E-state index < -0.39 is 0 Å². The SMILES string of the molecule is CCCNC(CC)CCCCc1cccs1. The van der Waals surface area contributed by atoms with E-state index in [1.54, 1.807) is 0 Å². The number of nitrogens with one attached hydrogen (secondary N) is 1. The molecule has 1 heterocycles. The van der Waals surface area contributed by atoms with Gasteiger partial charge in [0.25, 0.3) is 0 Å². The molecule has 1 N–H and O–H groups in total. The summed E-state index contributed by atoms with van der Waals surface area (Å²) in [5.74, 6) is 0. The molecule has 1 unspecified atom stereocenters. The van der Waals surface area contributed by atoms with E-state index in [0.29, 0.717) is 0 Å². The molecule has 0 aliphatic carbocycles. The average molecular weight is 239 g/mol. The highest BCUT2D eigenvalue weighted by Gasteiger charge is 2.04. The van der Waals surface area contributed by atoms with E-state index in [2.05, 4.69) is 36.7 Å². The largest absolute Gasteiger partial charge is 0.314 e. The van der Waals surface area contributed by atoms with E-state index in [-0.39, 0.29) is 0 Å². The second-order valence-corrected chi connectivity index (χ2v) is 5.42. The highest BCUT2D eigenvalue weighted by Crippen LogP contribution is 2.13. The summed E-state index contributed by atoms with van der Waals surface area (Å²) in [7, 11) is 0. The summed E-state index contributed by atoms with van der Waals surface area (Å²) in [5, 5.41) is 5.79. The summed E-state index contributed by atoms with van der Waals surface area (Å²) >= 11 is 1.89. The fourth-order valence-corrected chi connectivity index (χ4v) is 2.70. The summed E-state index contributed by atoms with van der Waals surface area (Å²) in [6.45, 7) is 5.69. The third kappa shape index (κ3) is 5.66. The zero-order valence-electron chi connectivity index (χ0n) is 10.7. The minimum absolute atomic E-state index is 0.739. The maximum Gasteiger partial charge on any atom is 0.00644 e. The molecule has 1 nitrogen and oxygen atoms in total. The third-order valence-corrected chi connectivity index (χ3v) is 3.92. The zero-order chi connectivity index (χ0) is 11.6. The van der Waals surface area contributed by atoms with Crippen molar-refractivity contribution in [2.24, 2.45) is 0 Å². The Labute approximate surface area is 104 Å². The number of thiophene rings is 1. The smallest absolute Gasteiger partial charge is 0.00644 e. The zero-order valence-corrected chi connectivity index (χ0v) is 11.5. The normalized spacial score (nSPS) is 12.9. The van der Waals surface area contributed by atoms with Gasteiger partial charge in [-0.2, -0.15) is 0 Å². The van der Waals surface area contributed by atoms with Gasteiger partial charge < -0.3 is 5.32 Å². The van der Waals surface area contributed by atoms with Crippen LogP contribution in [0.4, 0.5) is 0 Å². The quantitative estimate of drug-likeness (QED) is 0.636. The number of hydrogen-bond acceptors (Lipinski definition) is 2. The lowest BCUT2D eigenvalue weighted by Gasteiger charge is -2.15. The molecule has 0 saturated heterocycles. The standard InChI is InChI=1S/C14H25NS/c1-3-11-15-13(4-2)8-5-6-9-14-10-7-12-16-14/h7,10,12-13,15H,3-6,8-9,11H2,1-2H3. The minimum atomic E-state index is 0.739. The van der Waals surface area contributed by atoms with Gasteiger partial charge in [0.2, 0.25) is 0 Å². The van der Waals surface area contributed by atoms with E-state index in [1.807, 2.05) is 11.3 Å². The van der Waals surface area contributed by atoms with Gasteiger partial charge in [-0.05, 0) is 50.1 Å². The topological polar surface area (TPSA) is 12.0 Å². The maximum absolute atomic E-state index is 3.62. The number of hydrogen-bond donors (Lipinski definition) is 1. The maximum atomic E-state index is 3.62. The number of unbranched alkanes of at least 4 members (excludes halogenated alkanes) is 1. The van der Waals surface area contributed by atoms with Gasteiger partial charge in [0, 0.05) is 10.9 Å². The minimum Gasteiger partial charge on any atom is -0.314 e. The van der Waals surface area contributed by atoms with Crippen molar-refractivity contribution in [1.29, 1.82) is 0 Å². The molecular weight excluding hydrogens is 214 g/mol. The second-order valence-electron chi connectivity index (χ2n) is 4.38. The molecule has 0 bridgehead atoms. The first-order chi connectivity index (χ1) is 7.86. The molecule has 16 heavy (non-hydrogen) atoms. The van der Waals surface area contributed by atoms with Gasteiger partial charge in [-0.15, -0.1) is 11.3 Å². The Balaban J connectivity index is 2.04. The molecule has 1 aromatic rings. The molecule has 1 atom stereocenters. The van der Waals surface area contributed by atoms with Crippen molar-refractivity contribution in [3.8, 4) is 0 Å². The van der Waals surface area contributed by atoms with Crippen LogP contribution >= 0.6 is 11.3 Å². The molecule has 0 aliphatic rings. The second kappa shape index (κ2) is 8.77. The van der Waals surface area contributed by atoms with Crippen molar-refractivity contribution < 1.29 is 0 Å². The van der Waals surface area contributed by atoms with Crippen molar-refractivity contribution in [1.82, 2.24) is 5.32 Å². The molecule has 1 aromatic heterocycles. The van der Waals surface area contributed by atoms with Crippen LogP contribution < -0.4 is 5.32 Å². The summed E-state index contributed by atoms with van der Waals surface area (Å²) in [6.07, 6.45) is 7.80. The highest BCUT2D eigenvalue weighted by atomic mass is 32.1. The van der Waals surface area contributed by atoms with Crippen molar-refractivity contribution in [3.05, 3.63) is 22.4 Å². The molecule has 0 fully saturated rings. The van der Waals surface area contributed by atoms with Crippen molar-refractivity contribution in [3.63, 3.8) is 0 Å². The van der Waals surface area contributed by atoms with Crippen molar-refractivity contribution in [2.75, 3.05) is 6.54 Å². The van der Waals surface area contributed by atoms with Gasteiger partial charge in [-0.3, -0.25) is 0 Å². The molecule has 0 radical (unpaired) electrons. The van der Waals surface area contributed by atoms with Gasteiger partial charge in [0.1, 0.15) is 0 Å². The van der Waals surface area contributed by atoms with Crippen LogP contribution in [-0.4, -0.2) is 12.6 Å². The van der Waals surface area contributed by atoms with Gasteiger partial charge >= 0.3 is 0 Å². The number of aryl methyl sites for hydroxylation is 1. The average Bonchev–Trinajstić information content (AvgIpc) is 2.81. The van der Waals surface area contributed by atoms with E-state index in [0.717, 1.165) is 6.04 Å². The van der Waals surface area contributed by atoms with Crippen LogP contribution in [0.25, 0.3) is 0 Å². The molecular formula is C14H25NS. The third-order valence-electron chi connectivity index (χ3n) is 2.98. The van der Waals surface area contributed by atoms with Gasteiger partial charge in [0.05, 0.1) is 0 Å². The lowest BCUT2D eigenvalue weighted by molar-refractivity contribution is 0.449. The molecule has 0 amide bonds. The Morgan fingerprint density at radius 2 is 2.19 bits per heavy atom. The number of rotatable bonds is 9. The predicted molar refractivity (Wildman–Crippen MR) is 74.2 cm³/mol. The first-order valence-corrected chi connectivity index (χ1v) is 7.50. The first-order valence-electron chi connectivity index (χ1n) is 6.62. The molecule has 0 aromatic carbocycles. The Hall–Kier alpha value is -0.340. The molecule has 0 aliphatic heterocycles. The van der Waals surface area contributed by atoms with E-state index in [1.165, 1.54) is 49.9 Å². The van der Waals surface area contributed by atoms with E-state index in [9.17, 15) is 0 Å². The molecule has 1 rings (SSSR count). The fraction of sp³-hybridized carbons (Fsp3) is 0.714. The van der Waals surface area contributed by atoms with Gasteiger partial charge in [-0.25, -0.2) is 0 Å². The van der Waals surface area contributed by atoms with E-state index >= 15 is 0 Å². The van der Waals surface area contributed by atoms with Crippen LogP contribution in [0.1, 0.15) is 50.8 Å². The van der Waals surface area contributed by atoms with Crippen molar-refractivity contribution >= 4 is 11.3 Å². The Bertz CT molecular complexity index is 243. The molecule has 0 saturated carbocycles. The van der Waals surface area contributed by atoms with E-state index in [4.69, 9.17) is 0 Å². The molecule has 2 heteroatoms. The molecule has 92 valence electrons. The summed E-state index contributed by atoms with van der Waals surface area (Å²) in [6, 6.07) is 5.14. The van der Waals surface area contributed by atoms with Crippen LogP contribution in [0, 0.1) is 0 Å². The lowest BCUT2D eigenvalue weighted by atomic mass is 10.1. The van der Waals surface area contributed by atoms with Crippen LogP contribution in [0.5, 0.6) is 0 Å². The Morgan fingerprint density at radius 1 is 1.31 bits per heavy atom.